The van der Waals surface area contributed by atoms with Gasteiger partial charge in [-0.15, -0.1) is 0 Å². The van der Waals surface area contributed by atoms with Crippen molar-refractivity contribution in [2.45, 2.75) is 13.0 Å². The van der Waals surface area contributed by atoms with E-state index in [1.807, 2.05) is 36.4 Å². The second kappa shape index (κ2) is 6.87. The summed E-state index contributed by atoms with van der Waals surface area (Å²) < 4.78 is 1.33. The summed E-state index contributed by atoms with van der Waals surface area (Å²) in [4.78, 5) is 28.5. The van der Waals surface area contributed by atoms with Crippen molar-refractivity contribution in [3.05, 3.63) is 76.8 Å². The molecule has 1 aromatic heterocycles. The Morgan fingerprint density at radius 2 is 1.78 bits per heavy atom. The van der Waals surface area contributed by atoms with Crippen molar-refractivity contribution in [1.82, 2.24) is 14.9 Å². The highest BCUT2D eigenvalue weighted by molar-refractivity contribution is 5.78. The van der Waals surface area contributed by atoms with Gasteiger partial charge in [-0.3, -0.25) is 14.2 Å². The van der Waals surface area contributed by atoms with Gasteiger partial charge in [0.1, 0.15) is 6.54 Å². The van der Waals surface area contributed by atoms with Gasteiger partial charge in [-0.25, -0.2) is 4.98 Å². The van der Waals surface area contributed by atoms with Crippen LogP contribution in [-0.2, 0) is 17.8 Å². The summed E-state index contributed by atoms with van der Waals surface area (Å²) in [6, 6.07) is 17.0. The van der Waals surface area contributed by atoms with Crippen LogP contribution in [0, 0.1) is 0 Å². The molecular formula is C18H17N3O2. The smallest absolute Gasteiger partial charge is 0.261 e. The van der Waals surface area contributed by atoms with E-state index in [1.165, 1.54) is 10.9 Å². The van der Waals surface area contributed by atoms with Crippen LogP contribution in [0.4, 0.5) is 0 Å². The molecular weight excluding hydrogens is 290 g/mol. The molecule has 0 saturated heterocycles. The maximum absolute atomic E-state index is 12.3. The van der Waals surface area contributed by atoms with E-state index in [2.05, 4.69) is 10.3 Å². The van der Waals surface area contributed by atoms with Gasteiger partial charge in [-0.05, 0) is 24.1 Å². The Balaban J connectivity index is 1.62. The Hall–Kier alpha value is -2.95. The fourth-order valence-electron chi connectivity index (χ4n) is 2.42. The number of para-hydroxylation sites is 1. The van der Waals surface area contributed by atoms with Crippen molar-refractivity contribution in [1.29, 1.82) is 0 Å². The minimum atomic E-state index is -0.200. The Bertz CT molecular complexity index is 872. The zero-order valence-electron chi connectivity index (χ0n) is 12.6. The molecule has 0 aliphatic carbocycles. The molecule has 0 aliphatic heterocycles. The van der Waals surface area contributed by atoms with Gasteiger partial charge in [0.25, 0.3) is 5.56 Å². The average molecular weight is 307 g/mol. The maximum Gasteiger partial charge on any atom is 0.261 e. The molecule has 23 heavy (non-hydrogen) atoms. The standard InChI is InChI=1S/C18H17N3O2/c22-17(19-11-10-14-6-2-1-3-7-14)12-21-13-20-16-9-5-4-8-15(16)18(21)23/h1-9,13H,10-12H2,(H,19,22). The van der Waals surface area contributed by atoms with Crippen LogP contribution in [0.5, 0.6) is 0 Å². The lowest BCUT2D eigenvalue weighted by molar-refractivity contribution is -0.121. The highest BCUT2D eigenvalue weighted by atomic mass is 16.2. The van der Waals surface area contributed by atoms with Crippen LogP contribution in [0.25, 0.3) is 10.9 Å². The summed E-state index contributed by atoms with van der Waals surface area (Å²) in [5, 5.41) is 3.35. The third-order valence-electron chi connectivity index (χ3n) is 3.62. The van der Waals surface area contributed by atoms with Crippen molar-refractivity contribution < 1.29 is 4.79 Å². The zero-order valence-corrected chi connectivity index (χ0v) is 12.6. The fraction of sp³-hybridized carbons (Fsp3) is 0.167. The van der Waals surface area contributed by atoms with Gasteiger partial charge in [0.2, 0.25) is 5.91 Å². The van der Waals surface area contributed by atoms with E-state index in [-0.39, 0.29) is 18.0 Å². The molecule has 1 N–H and O–H groups in total. The maximum atomic E-state index is 12.3. The van der Waals surface area contributed by atoms with Crippen molar-refractivity contribution in [2.75, 3.05) is 6.54 Å². The van der Waals surface area contributed by atoms with Gasteiger partial charge in [0.15, 0.2) is 0 Å². The van der Waals surface area contributed by atoms with Gasteiger partial charge < -0.3 is 5.32 Å². The lowest BCUT2D eigenvalue weighted by Crippen LogP contribution is -2.33. The molecule has 3 aromatic rings. The van der Waals surface area contributed by atoms with Crippen LogP contribution in [0.2, 0.25) is 0 Å². The van der Waals surface area contributed by atoms with Crippen LogP contribution in [-0.4, -0.2) is 22.0 Å². The number of carbonyl (C=O) groups excluding carboxylic acids is 1. The number of aromatic nitrogens is 2. The molecule has 116 valence electrons. The number of benzene rings is 2. The van der Waals surface area contributed by atoms with Gasteiger partial charge in [-0.1, -0.05) is 42.5 Å². The molecule has 2 aromatic carbocycles. The van der Waals surface area contributed by atoms with E-state index in [1.54, 1.807) is 18.2 Å². The minimum absolute atomic E-state index is 0.0224. The SMILES string of the molecule is O=C(Cn1cnc2ccccc2c1=O)NCCc1ccccc1. The largest absolute Gasteiger partial charge is 0.354 e. The first-order valence-electron chi connectivity index (χ1n) is 7.49. The molecule has 0 saturated carbocycles. The van der Waals surface area contributed by atoms with Crippen molar-refractivity contribution in [3.63, 3.8) is 0 Å². The number of hydrogen-bond acceptors (Lipinski definition) is 3. The van der Waals surface area contributed by atoms with Crippen molar-refractivity contribution in [2.24, 2.45) is 0 Å². The molecule has 0 fully saturated rings. The molecule has 0 radical (unpaired) electrons. The quantitative estimate of drug-likeness (QED) is 0.781. The highest BCUT2D eigenvalue weighted by Gasteiger charge is 2.07. The predicted octanol–water partition coefficient (Wildman–Crippen LogP) is 1.76. The zero-order chi connectivity index (χ0) is 16.1. The normalized spacial score (nSPS) is 10.6. The molecule has 3 rings (SSSR count). The molecule has 0 bridgehead atoms. The van der Waals surface area contributed by atoms with Gasteiger partial charge in [0, 0.05) is 6.54 Å². The van der Waals surface area contributed by atoms with E-state index in [9.17, 15) is 9.59 Å². The van der Waals surface area contributed by atoms with E-state index in [0.717, 1.165) is 12.0 Å². The number of hydrogen-bond donors (Lipinski definition) is 1. The number of amides is 1. The fourth-order valence-corrected chi connectivity index (χ4v) is 2.42. The number of carbonyl (C=O) groups is 1. The summed E-state index contributed by atoms with van der Waals surface area (Å²) >= 11 is 0. The number of nitrogens with zero attached hydrogens (tertiary/aromatic N) is 2. The average Bonchev–Trinajstić information content (AvgIpc) is 2.59. The Morgan fingerprint density at radius 3 is 2.61 bits per heavy atom. The molecule has 0 spiro atoms. The molecule has 0 atom stereocenters. The lowest BCUT2D eigenvalue weighted by Gasteiger charge is -2.08. The number of nitrogens with one attached hydrogen (secondary N) is 1. The summed E-state index contributed by atoms with van der Waals surface area (Å²) in [6.07, 6.45) is 2.18. The number of rotatable bonds is 5. The van der Waals surface area contributed by atoms with E-state index < -0.39 is 0 Å². The summed E-state index contributed by atoms with van der Waals surface area (Å²) in [5.41, 5.74) is 1.60. The summed E-state index contributed by atoms with van der Waals surface area (Å²) in [5.74, 6) is -0.194. The monoisotopic (exact) mass is 307 g/mol. The van der Waals surface area contributed by atoms with E-state index in [4.69, 9.17) is 0 Å². The van der Waals surface area contributed by atoms with Crippen LogP contribution in [0.1, 0.15) is 5.56 Å². The topological polar surface area (TPSA) is 64.0 Å². The van der Waals surface area contributed by atoms with E-state index >= 15 is 0 Å². The molecule has 1 amide bonds. The molecule has 0 unspecified atom stereocenters. The molecule has 5 nitrogen and oxygen atoms in total. The third-order valence-corrected chi connectivity index (χ3v) is 3.62. The van der Waals surface area contributed by atoms with Crippen LogP contribution < -0.4 is 10.9 Å². The molecule has 5 heteroatoms. The summed E-state index contributed by atoms with van der Waals surface area (Å²) in [6.45, 7) is 0.518. The Kier molecular flexibility index (Phi) is 4.47. The molecule has 1 heterocycles. The van der Waals surface area contributed by atoms with Crippen LogP contribution >= 0.6 is 0 Å². The first-order valence-corrected chi connectivity index (χ1v) is 7.49. The van der Waals surface area contributed by atoms with Gasteiger partial charge in [-0.2, -0.15) is 0 Å². The summed E-state index contributed by atoms with van der Waals surface area (Å²) in [7, 11) is 0. The van der Waals surface area contributed by atoms with Gasteiger partial charge >= 0.3 is 0 Å². The number of fused-ring (bicyclic) bond motifs is 1. The highest BCUT2D eigenvalue weighted by Crippen LogP contribution is 2.04. The minimum Gasteiger partial charge on any atom is -0.354 e. The second-order valence-corrected chi connectivity index (χ2v) is 5.28. The van der Waals surface area contributed by atoms with Crippen LogP contribution in [0.3, 0.4) is 0 Å². The van der Waals surface area contributed by atoms with Gasteiger partial charge in [0.05, 0.1) is 17.2 Å². The Morgan fingerprint density at radius 1 is 1.04 bits per heavy atom. The second-order valence-electron chi connectivity index (χ2n) is 5.28. The third kappa shape index (κ3) is 3.63. The Labute approximate surface area is 133 Å². The first-order chi connectivity index (χ1) is 11.2. The lowest BCUT2D eigenvalue weighted by atomic mass is 10.1. The van der Waals surface area contributed by atoms with Crippen molar-refractivity contribution in [3.8, 4) is 0 Å². The van der Waals surface area contributed by atoms with Crippen LogP contribution in [0.15, 0.2) is 65.7 Å². The predicted molar refractivity (Wildman–Crippen MR) is 89.2 cm³/mol. The molecule has 0 aliphatic rings. The van der Waals surface area contributed by atoms with E-state index in [0.29, 0.717) is 17.4 Å². The first kappa shape index (κ1) is 15.0. The van der Waals surface area contributed by atoms with Crippen molar-refractivity contribution >= 4 is 16.8 Å².